The Bertz CT molecular complexity index is 415. The van der Waals surface area contributed by atoms with Crippen LogP contribution in [0.3, 0.4) is 0 Å². The van der Waals surface area contributed by atoms with Crippen LogP contribution in [0, 0.1) is 0 Å². The van der Waals surface area contributed by atoms with Crippen molar-refractivity contribution >= 4 is 17.4 Å². The molecule has 98 valence electrons. The fraction of sp³-hybridized carbons (Fsp3) is 0.333. The lowest BCUT2D eigenvalue weighted by Crippen LogP contribution is -2.12. The second kappa shape index (κ2) is 7.16. The maximum absolute atomic E-state index is 10.9. The highest BCUT2D eigenvalue weighted by Crippen LogP contribution is 2.09. The Labute approximate surface area is 106 Å². The van der Waals surface area contributed by atoms with E-state index >= 15 is 0 Å². The fourth-order valence-electron chi connectivity index (χ4n) is 1.47. The van der Waals surface area contributed by atoms with Crippen LogP contribution in [0.25, 0.3) is 0 Å². The van der Waals surface area contributed by atoms with Crippen LogP contribution in [0.1, 0.15) is 29.6 Å². The first-order chi connectivity index (χ1) is 8.63. The van der Waals surface area contributed by atoms with Gasteiger partial charge in [-0.05, 0) is 37.1 Å². The van der Waals surface area contributed by atoms with Gasteiger partial charge in [-0.25, -0.2) is 0 Å². The van der Waals surface area contributed by atoms with Crippen molar-refractivity contribution in [1.29, 1.82) is 0 Å². The van der Waals surface area contributed by atoms with Crippen molar-refractivity contribution in [2.45, 2.75) is 19.3 Å². The number of nitrogens with one attached hydrogen (secondary N) is 1. The predicted octanol–water partition coefficient (Wildman–Crippen LogP) is 1.11. The van der Waals surface area contributed by atoms with Gasteiger partial charge in [0.1, 0.15) is 5.84 Å². The van der Waals surface area contributed by atoms with E-state index in [0.29, 0.717) is 12.0 Å². The number of anilines is 1. The second-order valence-corrected chi connectivity index (χ2v) is 3.92. The molecule has 0 heterocycles. The number of amidine groups is 1. The first-order valence-electron chi connectivity index (χ1n) is 5.73. The standard InChI is InChI=1S/C12H18N4O2/c13-11(16-18)3-1-2-8-15-10-6-4-9(5-7-10)12(14)17/h4-7,15,18H,1-3,8H2,(H2,13,16)(H2,14,17). The van der Waals surface area contributed by atoms with Crippen molar-refractivity contribution in [3.63, 3.8) is 0 Å². The van der Waals surface area contributed by atoms with Gasteiger partial charge in [-0.1, -0.05) is 5.16 Å². The summed E-state index contributed by atoms with van der Waals surface area (Å²) in [6, 6.07) is 6.98. The molecule has 0 radical (unpaired) electrons. The molecule has 1 amide bonds. The van der Waals surface area contributed by atoms with Gasteiger partial charge < -0.3 is 22.0 Å². The number of unbranched alkanes of at least 4 members (excludes halogenated alkanes) is 1. The molecule has 1 aromatic rings. The third-order valence-electron chi connectivity index (χ3n) is 2.49. The van der Waals surface area contributed by atoms with Crippen LogP contribution in [-0.4, -0.2) is 23.5 Å². The van der Waals surface area contributed by atoms with E-state index in [2.05, 4.69) is 10.5 Å². The van der Waals surface area contributed by atoms with Crippen LogP contribution in [0.2, 0.25) is 0 Å². The molecule has 1 aromatic carbocycles. The van der Waals surface area contributed by atoms with Gasteiger partial charge >= 0.3 is 0 Å². The summed E-state index contributed by atoms with van der Waals surface area (Å²) >= 11 is 0. The number of rotatable bonds is 7. The summed E-state index contributed by atoms with van der Waals surface area (Å²) < 4.78 is 0. The lowest BCUT2D eigenvalue weighted by atomic mass is 10.2. The van der Waals surface area contributed by atoms with Crippen LogP contribution < -0.4 is 16.8 Å². The van der Waals surface area contributed by atoms with Gasteiger partial charge in [-0.3, -0.25) is 4.79 Å². The monoisotopic (exact) mass is 250 g/mol. The van der Waals surface area contributed by atoms with Crippen molar-refractivity contribution in [3.8, 4) is 0 Å². The Kier molecular flexibility index (Phi) is 5.50. The van der Waals surface area contributed by atoms with E-state index in [1.54, 1.807) is 12.1 Å². The molecular weight excluding hydrogens is 232 g/mol. The molecule has 0 unspecified atom stereocenters. The molecule has 1 rings (SSSR count). The molecule has 0 atom stereocenters. The lowest BCUT2D eigenvalue weighted by Gasteiger charge is -2.06. The van der Waals surface area contributed by atoms with Gasteiger partial charge in [-0.15, -0.1) is 0 Å². The highest BCUT2D eigenvalue weighted by atomic mass is 16.4. The van der Waals surface area contributed by atoms with E-state index in [1.165, 1.54) is 0 Å². The van der Waals surface area contributed by atoms with E-state index in [1.807, 2.05) is 12.1 Å². The van der Waals surface area contributed by atoms with Crippen molar-refractivity contribution < 1.29 is 10.0 Å². The molecule has 0 fully saturated rings. The number of carbonyl (C=O) groups is 1. The van der Waals surface area contributed by atoms with Crippen molar-refractivity contribution in [2.24, 2.45) is 16.6 Å². The number of amides is 1. The van der Waals surface area contributed by atoms with E-state index in [4.69, 9.17) is 16.7 Å². The summed E-state index contributed by atoms with van der Waals surface area (Å²) in [6.45, 7) is 0.786. The number of benzene rings is 1. The summed E-state index contributed by atoms with van der Waals surface area (Å²) in [6.07, 6.45) is 2.34. The van der Waals surface area contributed by atoms with Crippen LogP contribution in [0.15, 0.2) is 29.4 Å². The Morgan fingerprint density at radius 1 is 1.22 bits per heavy atom. The summed E-state index contributed by atoms with van der Waals surface area (Å²) in [5.41, 5.74) is 11.9. The topological polar surface area (TPSA) is 114 Å². The predicted molar refractivity (Wildman–Crippen MR) is 70.7 cm³/mol. The molecule has 0 bridgehead atoms. The average Bonchev–Trinajstić information content (AvgIpc) is 2.38. The van der Waals surface area contributed by atoms with Crippen molar-refractivity contribution in [2.75, 3.05) is 11.9 Å². The number of oxime groups is 1. The van der Waals surface area contributed by atoms with Crippen LogP contribution in [0.5, 0.6) is 0 Å². The zero-order valence-corrected chi connectivity index (χ0v) is 10.1. The summed E-state index contributed by atoms with van der Waals surface area (Å²) in [5, 5.41) is 14.5. The molecule has 6 heteroatoms. The zero-order chi connectivity index (χ0) is 13.4. The van der Waals surface area contributed by atoms with Crippen molar-refractivity contribution in [1.82, 2.24) is 0 Å². The molecule has 0 spiro atoms. The SMILES string of the molecule is NC(=O)c1ccc(NCCCCC(N)=NO)cc1. The van der Waals surface area contributed by atoms with Crippen LogP contribution in [0.4, 0.5) is 5.69 Å². The minimum Gasteiger partial charge on any atom is -0.409 e. The van der Waals surface area contributed by atoms with E-state index in [0.717, 1.165) is 25.1 Å². The van der Waals surface area contributed by atoms with Gasteiger partial charge in [0.15, 0.2) is 0 Å². The minimum atomic E-state index is -0.430. The van der Waals surface area contributed by atoms with Crippen LogP contribution in [-0.2, 0) is 0 Å². The number of hydrogen-bond acceptors (Lipinski definition) is 4. The van der Waals surface area contributed by atoms with E-state index in [-0.39, 0.29) is 5.84 Å². The molecule has 6 nitrogen and oxygen atoms in total. The molecule has 0 saturated carbocycles. The average molecular weight is 250 g/mol. The summed E-state index contributed by atoms with van der Waals surface area (Å²) in [4.78, 5) is 10.9. The van der Waals surface area contributed by atoms with Crippen LogP contribution >= 0.6 is 0 Å². The number of primary amides is 1. The number of hydrogen-bond donors (Lipinski definition) is 4. The first kappa shape index (κ1) is 13.8. The molecule has 6 N–H and O–H groups in total. The number of nitrogens with zero attached hydrogens (tertiary/aromatic N) is 1. The largest absolute Gasteiger partial charge is 0.409 e. The van der Waals surface area contributed by atoms with Gasteiger partial charge in [0.2, 0.25) is 5.91 Å². The molecular formula is C12H18N4O2. The Balaban J connectivity index is 2.25. The lowest BCUT2D eigenvalue weighted by molar-refractivity contribution is 0.100. The third kappa shape index (κ3) is 4.73. The maximum atomic E-state index is 10.9. The molecule has 18 heavy (non-hydrogen) atoms. The molecule has 0 aliphatic carbocycles. The fourth-order valence-corrected chi connectivity index (χ4v) is 1.47. The van der Waals surface area contributed by atoms with Gasteiger partial charge in [0.25, 0.3) is 0 Å². The van der Waals surface area contributed by atoms with E-state index < -0.39 is 5.91 Å². The number of carbonyl (C=O) groups excluding carboxylic acids is 1. The highest BCUT2D eigenvalue weighted by molar-refractivity contribution is 5.93. The molecule has 0 aliphatic rings. The minimum absolute atomic E-state index is 0.251. The second-order valence-electron chi connectivity index (χ2n) is 3.92. The maximum Gasteiger partial charge on any atom is 0.248 e. The summed E-state index contributed by atoms with van der Waals surface area (Å²) in [7, 11) is 0. The smallest absolute Gasteiger partial charge is 0.248 e. The van der Waals surface area contributed by atoms with Gasteiger partial charge in [0.05, 0.1) is 0 Å². The van der Waals surface area contributed by atoms with Gasteiger partial charge in [-0.2, -0.15) is 0 Å². The first-order valence-corrected chi connectivity index (χ1v) is 5.73. The number of nitrogens with two attached hydrogens (primary N) is 2. The molecule has 0 saturated heterocycles. The molecule has 0 aliphatic heterocycles. The highest BCUT2D eigenvalue weighted by Gasteiger charge is 1.99. The zero-order valence-electron chi connectivity index (χ0n) is 10.1. The van der Waals surface area contributed by atoms with E-state index in [9.17, 15) is 4.79 Å². The quantitative estimate of drug-likeness (QED) is 0.191. The Morgan fingerprint density at radius 2 is 1.89 bits per heavy atom. The van der Waals surface area contributed by atoms with Gasteiger partial charge in [0, 0.05) is 24.2 Å². The Hall–Kier alpha value is -2.24. The molecule has 0 aromatic heterocycles. The van der Waals surface area contributed by atoms with Crippen molar-refractivity contribution in [3.05, 3.63) is 29.8 Å². The Morgan fingerprint density at radius 3 is 2.44 bits per heavy atom. The third-order valence-corrected chi connectivity index (χ3v) is 2.49. The summed E-state index contributed by atoms with van der Waals surface area (Å²) in [5.74, 6) is -0.180. The normalized spacial score (nSPS) is 11.2.